The number of ether oxygens (including phenoxy) is 4. The normalized spacial score (nSPS) is 13.9. The van der Waals surface area contributed by atoms with Gasteiger partial charge in [0.05, 0.1) is 28.4 Å². The Kier molecular flexibility index (Phi) is 9.78. The first-order valence-corrected chi connectivity index (χ1v) is 14.5. The minimum Gasteiger partial charge on any atom is -0.493 e. The van der Waals surface area contributed by atoms with Gasteiger partial charge in [0.1, 0.15) is 0 Å². The molecule has 200 valence electrons. The largest absolute Gasteiger partial charge is 0.493 e. The van der Waals surface area contributed by atoms with Crippen molar-refractivity contribution in [2.24, 2.45) is 0 Å². The van der Waals surface area contributed by atoms with Gasteiger partial charge >= 0.3 is 0 Å². The summed E-state index contributed by atoms with van der Waals surface area (Å²) in [5.74, 6) is 3.00. The summed E-state index contributed by atoms with van der Waals surface area (Å²) in [7, 11) is 4.94. The molecule has 1 aliphatic carbocycles. The van der Waals surface area contributed by atoms with E-state index in [9.17, 15) is 4.79 Å². The highest BCUT2D eigenvalue weighted by atomic mass is 32.3. The maximum Gasteiger partial charge on any atom is 0.203 e. The smallest absolute Gasteiger partial charge is 0.203 e. The second kappa shape index (κ2) is 12.0. The number of carbonyl (C=O) groups is 1. The van der Waals surface area contributed by atoms with Gasteiger partial charge in [0.25, 0.3) is 0 Å². The number of fused-ring (bicyclic) bond motifs is 1. The van der Waals surface area contributed by atoms with Crippen LogP contribution in [-0.2, 0) is 11.2 Å². The lowest BCUT2D eigenvalue weighted by atomic mass is 9.92. The van der Waals surface area contributed by atoms with Gasteiger partial charge in [-0.2, -0.15) is 0 Å². The fourth-order valence-electron chi connectivity index (χ4n) is 3.76. The summed E-state index contributed by atoms with van der Waals surface area (Å²) >= 11 is 0. The summed E-state index contributed by atoms with van der Waals surface area (Å²) in [5.41, 5.74) is 3.42. The van der Waals surface area contributed by atoms with Crippen LogP contribution < -0.4 is 23.1 Å². The van der Waals surface area contributed by atoms with Crippen molar-refractivity contribution in [3.63, 3.8) is 0 Å². The van der Waals surface area contributed by atoms with Crippen LogP contribution in [0.1, 0.15) is 57.7 Å². The Morgan fingerprint density at radius 3 is 1.92 bits per heavy atom. The minimum atomic E-state index is -1.46. The molecule has 0 aromatic heterocycles. The van der Waals surface area contributed by atoms with E-state index in [0.29, 0.717) is 41.6 Å². The van der Waals surface area contributed by atoms with E-state index in [0.717, 1.165) is 22.3 Å². The Hall–Kier alpha value is -2.80. The Balaban J connectivity index is 0.00000222. The summed E-state index contributed by atoms with van der Waals surface area (Å²) in [5, 5.41) is 0. The Labute approximate surface area is 218 Å². The molecule has 36 heavy (non-hydrogen) atoms. The van der Waals surface area contributed by atoms with Crippen LogP contribution in [0.3, 0.4) is 0 Å². The van der Waals surface area contributed by atoms with Gasteiger partial charge in [-0.25, -0.2) is 0 Å². The van der Waals surface area contributed by atoms with Crippen molar-refractivity contribution < 1.29 is 27.9 Å². The van der Waals surface area contributed by atoms with Crippen molar-refractivity contribution in [2.45, 2.75) is 52.2 Å². The van der Waals surface area contributed by atoms with E-state index in [1.165, 1.54) is 0 Å². The van der Waals surface area contributed by atoms with Gasteiger partial charge in [0, 0.05) is 16.7 Å². The monoisotopic (exact) mass is 518 g/mol. The van der Waals surface area contributed by atoms with Crippen LogP contribution in [0.15, 0.2) is 30.3 Å². The number of carbonyl (C=O) groups excluding carboxylic acids is 1. The quantitative estimate of drug-likeness (QED) is 0.399. The minimum absolute atomic E-state index is 0.0323. The zero-order valence-corrected chi connectivity index (χ0v) is 24.5. The van der Waals surface area contributed by atoms with Gasteiger partial charge in [-0.1, -0.05) is 30.2 Å². The molecule has 0 bridgehead atoms. The number of rotatable bonds is 7. The summed E-state index contributed by atoms with van der Waals surface area (Å²) in [6.07, 6.45) is 6.90. The average Bonchev–Trinajstić information content (AvgIpc) is 3.01. The maximum atomic E-state index is 12.8. The van der Waals surface area contributed by atoms with E-state index in [-0.39, 0.29) is 10.5 Å². The third-order valence-electron chi connectivity index (χ3n) is 6.40. The molecule has 0 amide bonds. The lowest BCUT2D eigenvalue weighted by Gasteiger charge is -2.44. The predicted octanol–water partition coefficient (Wildman–Crippen LogP) is 6.85. The molecule has 0 unspecified atom stereocenters. The molecule has 0 saturated heterocycles. The van der Waals surface area contributed by atoms with Crippen LogP contribution in [0.2, 0.25) is 0 Å². The molecule has 0 aliphatic heterocycles. The molecule has 2 aromatic carbocycles. The average molecular weight is 519 g/mol. The van der Waals surface area contributed by atoms with E-state index in [1.807, 2.05) is 38.1 Å². The van der Waals surface area contributed by atoms with Gasteiger partial charge in [-0.05, 0) is 80.7 Å². The maximum absolute atomic E-state index is 12.8. The molecule has 0 N–H and O–H groups in total. The molecular weight excluding hydrogens is 476 g/mol. The molecule has 0 saturated carbocycles. The van der Waals surface area contributed by atoms with Crippen LogP contribution in [0.5, 0.6) is 28.7 Å². The van der Waals surface area contributed by atoms with Crippen molar-refractivity contribution in [3.8, 4) is 28.7 Å². The van der Waals surface area contributed by atoms with Gasteiger partial charge < -0.3 is 23.1 Å². The first-order valence-electron chi connectivity index (χ1n) is 12.1. The van der Waals surface area contributed by atoms with Crippen LogP contribution in [-0.4, -0.2) is 51.5 Å². The zero-order valence-electron chi connectivity index (χ0n) is 23.7. The number of ketones is 1. The number of methoxy groups -OCH3 is 4. The highest BCUT2D eigenvalue weighted by Gasteiger charge is 2.32. The molecular formula is C29H42O6S. The van der Waals surface area contributed by atoms with E-state index in [2.05, 4.69) is 33.3 Å². The lowest BCUT2D eigenvalue weighted by molar-refractivity contribution is -0.114. The van der Waals surface area contributed by atoms with Crippen LogP contribution >= 0.6 is 10.3 Å². The fourth-order valence-corrected chi connectivity index (χ4v) is 4.59. The van der Waals surface area contributed by atoms with Gasteiger partial charge in [0.15, 0.2) is 28.8 Å². The van der Waals surface area contributed by atoms with Crippen LogP contribution in [0.4, 0.5) is 0 Å². The standard InChI is InChI=1S/C27H36O6S.C2H6/c1-27(2,3)34(8,9)33-23-14-17(10-13-22(23)29-4)20-15-18(28)11-12-19-21(20)16-24(30-5)26(32-7)25(19)31-6;1-2/h10,13-16H,11-12H2,1-9H3;1-2H3. The first-order chi connectivity index (χ1) is 17.0. The van der Waals surface area contributed by atoms with Crippen molar-refractivity contribution in [1.29, 1.82) is 0 Å². The lowest BCUT2D eigenvalue weighted by Crippen LogP contribution is -2.27. The fraction of sp³-hybridized carbons (Fsp3) is 0.483. The van der Waals surface area contributed by atoms with Gasteiger partial charge in [-0.3, -0.25) is 4.79 Å². The van der Waals surface area contributed by atoms with Gasteiger partial charge in [-0.15, -0.1) is 0 Å². The second-order valence-corrected chi connectivity index (χ2v) is 13.3. The Bertz CT molecular complexity index is 1110. The number of hydrogen-bond acceptors (Lipinski definition) is 6. The zero-order chi connectivity index (χ0) is 27.3. The molecule has 3 rings (SSSR count). The van der Waals surface area contributed by atoms with E-state index < -0.39 is 10.3 Å². The van der Waals surface area contributed by atoms with Gasteiger partial charge in [0.2, 0.25) is 5.75 Å². The van der Waals surface area contributed by atoms with Crippen molar-refractivity contribution in [2.75, 3.05) is 41.0 Å². The molecule has 0 spiro atoms. The van der Waals surface area contributed by atoms with Crippen molar-refractivity contribution in [3.05, 3.63) is 47.0 Å². The third-order valence-corrected chi connectivity index (χ3v) is 9.94. The molecule has 2 aromatic rings. The Morgan fingerprint density at radius 1 is 0.778 bits per heavy atom. The molecule has 0 radical (unpaired) electrons. The molecule has 0 heterocycles. The number of allylic oxidation sites excluding steroid dienone is 1. The number of benzene rings is 2. The highest BCUT2D eigenvalue weighted by Crippen LogP contribution is 2.55. The molecule has 0 fully saturated rings. The third kappa shape index (κ3) is 5.94. The summed E-state index contributed by atoms with van der Waals surface area (Å²) in [6.45, 7) is 10.5. The Morgan fingerprint density at radius 2 is 1.39 bits per heavy atom. The van der Waals surface area contributed by atoms with Crippen molar-refractivity contribution in [1.82, 2.24) is 0 Å². The second-order valence-electron chi connectivity index (χ2n) is 9.49. The molecule has 1 aliphatic rings. The van der Waals surface area contributed by atoms with E-state index in [4.69, 9.17) is 23.1 Å². The summed E-state index contributed by atoms with van der Waals surface area (Å²) in [4.78, 5) is 12.8. The molecule has 0 atom stereocenters. The molecule has 6 nitrogen and oxygen atoms in total. The molecule has 7 heteroatoms. The van der Waals surface area contributed by atoms with E-state index in [1.54, 1.807) is 34.5 Å². The van der Waals surface area contributed by atoms with Crippen LogP contribution in [0, 0.1) is 0 Å². The summed E-state index contributed by atoms with van der Waals surface area (Å²) in [6, 6.07) is 7.70. The highest BCUT2D eigenvalue weighted by molar-refractivity contribution is 8.30. The SMILES string of the molecule is CC.COc1ccc(C2=CC(=O)CCc3c2cc(OC)c(OC)c3OC)cc1OS(C)(C)C(C)(C)C. The topological polar surface area (TPSA) is 63.2 Å². The van der Waals surface area contributed by atoms with E-state index >= 15 is 0 Å². The van der Waals surface area contributed by atoms with Crippen molar-refractivity contribution >= 4 is 21.7 Å². The summed E-state index contributed by atoms with van der Waals surface area (Å²) < 4.78 is 29.1. The number of hydrogen-bond donors (Lipinski definition) is 0. The van der Waals surface area contributed by atoms with Crippen LogP contribution in [0.25, 0.3) is 5.57 Å². The predicted molar refractivity (Wildman–Crippen MR) is 151 cm³/mol. The first kappa shape index (κ1) is 29.4.